The summed E-state index contributed by atoms with van der Waals surface area (Å²) >= 11 is 0. The number of rotatable bonds is 4. The lowest BCUT2D eigenvalue weighted by Gasteiger charge is -2.28. The second kappa shape index (κ2) is 5.03. The lowest BCUT2D eigenvalue weighted by Crippen LogP contribution is -2.40. The first-order valence-corrected chi connectivity index (χ1v) is 6.73. The van der Waals surface area contributed by atoms with Crippen molar-refractivity contribution in [3.63, 3.8) is 0 Å². The molecule has 0 aromatic rings. The molecule has 94 valence electrons. The third kappa shape index (κ3) is 2.58. The van der Waals surface area contributed by atoms with Gasteiger partial charge in [-0.3, -0.25) is 4.90 Å². The summed E-state index contributed by atoms with van der Waals surface area (Å²) in [6.45, 7) is 3.95. The van der Waals surface area contributed by atoms with Gasteiger partial charge in [0.2, 0.25) is 0 Å². The molecule has 1 heterocycles. The van der Waals surface area contributed by atoms with Crippen LogP contribution in [0.4, 0.5) is 0 Å². The summed E-state index contributed by atoms with van der Waals surface area (Å²) in [5.74, 6) is 0. The minimum absolute atomic E-state index is 0.275. The summed E-state index contributed by atoms with van der Waals surface area (Å²) in [4.78, 5) is 2.33. The Hall–Kier alpha value is -0.120. The van der Waals surface area contributed by atoms with Crippen molar-refractivity contribution >= 4 is 0 Å². The predicted molar refractivity (Wildman–Crippen MR) is 66.5 cm³/mol. The van der Waals surface area contributed by atoms with Gasteiger partial charge in [-0.25, -0.2) is 0 Å². The Morgan fingerprint density at radius 1 is 1.38 bits per heavy atom. The average molecular weight is 226 g/mol. The summed E-state index contributed by atoms with van der Waals surface area (Å²) in [5.41, 5.74) is 5.96. The molecule has 3 heteroatoms. The van der Waals surface area contributed by atoms with Crippen LogP contribution in [0, 0.1) is 0 Å². The highest BCUT2D eigenvalue weighted by Crippen LogP contribution is 2.43. The molecule has 1 saturated carbocycles. The number of hydrogen-bond acceptors (Lipinski definition) is 3. The second-order valence-electron chi connectivity index (χ2n) is 5.69. The van der Waals surface area contributed by atoms with Crippen LogP contribution in [0.2, 0.25) is 0 Å². The van der Waals surface area contributed by atoms with Crippen molar-refractivity contribution in [2.24, 2.45) is 5.73 Å². The molecule has 1 saturated heterocycles. The van der Waals surface area contributed by atoms with Gasteiger partial charge in [0.15, 0.2) is 0 Å². The van der Waals surface area contributed by atoms with Crippen molar-refractivity contribution < 1.29 is 4.74 Å². The van der Waals surface area contributed by atoms with Crippen molar-refractivity contribution in [1.82, 2.24) is 4.90 Å². The molecule has 1 aliphatic carbocycles. The van der Waals surface area contributed by atoms with Crippen LogP contribution in [0.1, 0.15) is 45.4 Å². The van der Waals surface area contributed by atoms with E-state index in [1.165, 1.54) is 38.5 Å². The number of ether oxygens (including phenoxy) is 1. The van der Waals surface area contributed by atoms with Crippen molar-refractivity contribution in [3.8, 4) is 0 Å². The molecule has 2 unspecified atom stereocenters. The topological polar surface area (TPSA) is 38.5 Å². The van der Waals surface area contributed by atoms with E-state index in [2.05, 4.69) is 18.9 Å². The van der Waals surface area contributed by atoms with E-state index in [0.717, 1.165) is 13.1 Å². The Balaban J connectivity index is 1.80. The SMILES string of the molecule is CC(CN)N(C)CC1CCC2(CCCC2)O1. The van der Waals surface area contributed by atoms with Crippen LogP contribution in [0.25, 0.3) is 0 Å². The Morgan fingerprint density at radius 2 is 2.06 bits per heavy atom. The van der Waals surface area contributed by atoms with Crippen molar-refractivity contribution in [2.75, 3.05) is 20.1 Å². The van der Waals surface area contributed by atoms with Gasteiger partial charge in [-0.15, -0.1) is 0 Å². The average Bonchev–Trinajstić information content (AvgIpc) is 2.89. The van der Waals surface area contributed by atoms with Crippen LogP contribution < -0.4 is 5.73 Å². The smallest absolute Gasteiger partial charge is 0.0710 e. The van der Waals surface area contributed by atoms with Crippen LogP contribution in [0.3, 0.4) is 0 Å². The lowest BCUT2D eigenvalue weighted by atomic mass is 9.98. The van der Waals surface area contributed by atoms with Crippen LogP contribution >= 0.6 is 0 Å². The van der Waals surface area contributed by atoms with Crippen LogP contribution in [-0.2, 0) is 4.74 Å². The van der Waals surface area contributed by atoms with E-state index in [1.807, 2.05) is 0 Å². The standard InChI is InChI=1S/C13H26N2O/c1-11(9-14)15(2)10-12-5-8-13(16-12)6-3-4-7-13/h11-12H,3-10,14H2,1-2H3. The molecule has 0 aromatic heterocycles. The second-order valence-corrected chi connectivity index (χ2v) is 5.69. The van der Waals surface area contributed by atoms with Gasteiger partial charge >= 0.3 is 0 Å². The van der Waals surface area contributed by atoms with Crippen molar-refractivity contribution in [2.45, 2.75) is 63.2 Å². The lowest BCUT2D eigenvalue weighted by molar-refractivity contribution is -0.0476. The molecule has 0 aromatic carbocycles. The number of likely N-dealkylation sites (N-methyl/N-ethyl adjacent to an activating group) is 1. The van der Waals surface area contributed by atoms with Crippen LogP contribution in [-0.4, -0.2) is 42.8 Å². The summed E-state index contributed by atoms with van der Waals surface area (Å²) in [6.07, 6.45) is 8.27. The largest absolute Gasteiger partial charge is 0.370 e. The van der Waals surface area contributed by atoms with E-state index in [-0.39, 0.29) is 5.60 Å². The van der Waals surface area contributed by atoms with E-state index >= 15 is 0 Å². The molecular weight excluding hydrogens is 200 g/mol. The van der Waals surface area contributed by atoms with Crippen LogP contribution in [0.15, 0.2) is 0 Å². The van der Waals surface area contributed by atoms with Gasteiger partial charge in [-0.05, 0) is 39.7 Å². The fourth-order valence-corrected chi connectivity index (χ4v) is 3.09. The molecule has 2 N–H and O–H groups in total. The summed E-state index contributed by atoms with van der Waals surface area (Å²) in [6, 6.07) is 0.462. The van der Waals surface area contributed by atoms with Gasteiger partial charge in [-0.2, -0.15) is 0 Å². The molecule has 0 bridgehead atoms. The number of nitrogens with zero attached hydrogens (tertiary/aromatic N) is 1. The Morgan fingerprint density at radius 3 is 2.69 bits per heavy atom. The molecule has 1 aliphatic heterocycles. The highest BCUT2D eigenvalue weighted by Gasteiger charge is 2.42. The summed E-state index contributed by atoms with van der Waals surface area (Å²) in [7, 11) is 2.15. The first kappa shape index (κ1) is 12.3. The zero-order chi connectivity index (χ0) is 11.6. The van der Waals surface area contributed by atoms with Gasteiger partial charge in [-0.1, -0.05) is 12.8 Å². The molecule has 2 fully saturated rings. The Kier molecular flexibility index (Phi) is 3.88. The molecule has 0 radical (unpaired) electrons. The minimum atomic E-state index is 0.275. The fraction of sp³-hybridized carbons (Fsp3) is 1.00. The van der Waals surface area contributed by atoms with Crippen molar-refractivity contribution in [1.29, 1.82) is 0 Å². The molecule has 16 heavy (non-hydrogen) atoms. The maximum atomic E-state index is 6.29. The van der Waals surface area contributed by atoms with Gasteiger partial charge in [0.1, 0.15) is 0 Å². The molecule has 2 atom stereocenters. The fourth-order valence-electron chi connectivity index (χ4n) is 3.09. The quantitative estimate of drug-likeness (QED) is 0.794. The zero-order valence-electron chi connectivity index (χ0n) is 10.7. The Bertz CT molecular complexity index is 226. The summed E-state index contributed by atoms with van der Waals surface area (Å²) in [5, 5.41) is 0. The van der Waals surface area contributed by atoms with E-state index in [0.29, 0.717) is 12.1 Å². The maximum absolute atomic E-state index is 6.29. The first-order chi connectivity index (χ1) is 7.65. The third-order valence-electron chi connectivity index (χ3n) is 4.44. The molecule has 2 rings (SSSR count). The number of nitrogens with two attached hydrogens (primary N) is 1. The normalized spacial score (nSPS) is 30.4. The Labute approximate surface area is 99.3 Å². The minimum Gasteiger partial charge on any atom is -0.370 e. The predicted octanol–water partition coefficient (Wildman–Crippen LogP) is 1.76. The van der Waals surface area contributed by atoms with E-state index in [1.54, 1.807) is 0 Å². The van der Waals surface area contributed by atoms with Gasteiger partial charge in [0.05, 0.1) is 11.7 Å². The van der Waals surface area contributed by atoms with E-state index in [9.17, 15) is 0 Å². The first-order valence-electron chi connectivity index (χ1n) is 6.73. The van der Waals surface area contributed by atoms with Gasteiger partial charge < -0.3 is 10.5 Å². The van der Waals surface area contributed by atoms with E-state index < -0.39 is 0 Å². The van der Waals surface area contributed by atoms with Crippen LogP contribution in [0.5, 0.6) is 0 Å². The summed E-state index contributed by atoms with van der Waals surface area (Å²) < 4.78 is 6.29. The zero-order valence-corrected chi connectivity index (χ0v) is 10.7. The molecular formula is C13H26N2O. The molecule has 1 spiro atoms. The molecule has 3 nitrogen and oxygen atoms in total. The molecule has 2 aliphatic rings. The third-order valence-corrected chi connectivity index (χ3v) is 4.44. The number of hydrogen-bond donors (Lipinski definition) is 1. The van der Waals surface area contributed by atoms with Crippen molar-refractivity contribution in [3.05, 3.63) is 0 Å². The monoisotopic (exact) mass is 226 g/mol. The van der Waals surface area contributed by atoms with Gasteiger partial charge in [0, 0.05) is 19.1 Å². The van der Waals surface area contributed by atoms with Gasteiger partial charge in [0.25, 0.3) is 0 Å². The molecule has 0 amide bonds. The maximum Gasteiger partial charge on any atom is 0.0710 e. The highest BCUT2D eigenvalue weighted by atomic mass is 16.5. The van der Waals surface area contributed by atoms with E-state index in [4.69, 9.17) is 10.5 Å². The highest BCUT2D eigenvalue weighted by molar-refractivity contribution is 4.93.